The fraction of sp³-hybridized carbons (Fsp3) is 0.333. The molecule has 2 N–H and O–H groups in total. The lowest BCUT2D eigenvalue weighted by molar-refractivity contribution is -0.138. The number of carbonyl (C=O) groups is 2. The summed E-state index contributed by atoms with van der Waals surface area (Å²) in [6.45, 7) is 0. The Kier molecular flexibility index (Phi) is 2.75. The molecule has 17 heavy (non-hydrogen) atoms. The van der Waals surface area contributed by atoms with Crippen LogP contribution in [-0.2, 0) is 9.53 Å². The SMILES string of the molecule is COC(=O)c1cc([C@@H]2C[C@H]2C(=O)O)ccc1O. The standard InChI is InChI=1S/C12H12O5/c1-17-12(16)9-4-6(2-3-10(9)13)7-5-8(7)11(14)15/h2-4,7-8,13H,5H2,1H3,(H,14,15)/t7-,8+/m0/s1. The number of carboxylic acid groups (broad SMARTS) is 1. The quantitative estimate of drug-likeness (QED) is 0.774. The Labute approximate surface area is 97.6 Å². The van der Waals surface area contributed by atoms with Crippen molar-refractivity contribution in [3.63, 3.8) is 0 Å². The smallest absolute Gasteiger partial charge is 0.341 e. The number of carbonyl (C=O) groups excluding carboxylic acids is 1. The maximum atomic E-state index is 11.3. The molecule has 0 aromatic heterocycles. The van der Waals surface area contributed by atoms with Crippen molar-refractivity contribution < 1.29 is 24.5 Å². The zero-order chi connectivity index (χ0) is 12.6. The third-order valence-corrected chi connectivity index (χ3v) is 2.96. The molecule has 0 aliphatic heterocycles. The summed E-state index contributed by atoms with van der Waals surface area (Å²) in [7, 11) is 1.23. The molecule has 1 aromatic carbocycles. The largest absolute Gasteiger partial charge is 0.507 e. The minimum absolute atomic E-state index is 0.0704. The molecule has 5 nitrogen and oxygen atoms in total. The zero-order valence-electron chi connectivity index (χ0n) is 9.21. The van der Waals surface area contributed by atoms with Crippen LogP contribution in [0.1, 0.15) is 28.3 Å². The van der Waals surface area contributed by atoms with Crippen LogP contribution < -0.4 is 0 Å². The van der Waals surface area contributed by atoms with Gasteiger partial charge in [0.25, 0.3) is 0 Å². The molecule has 0 amide bonds. The van der Waals surface area contributed by atoms with Gasteiger partial charge < -0.3 is 14.9 Å². The number of carboxylic acids is 1. The van der Waals surface area contributed by atoms with E-state index in [0.29, 0.717) is 6.42 Å². The van der Waals surface area contributed by atoms with Gasteiger partial charge in [0.1, 0.15) is 11.3 Å². The minimum Gasteiger partial charge on any atom is -0.507 e. The minimum atomic E-state index is -0.831. The molecule has 1 aromatic rings. The van der Waals surface area contributed by atoms with Crippen LogP contribution in [0.2, 0.25) is 0 Å². The molecule has 2 rings (SSSR count). The van der Waals surface area contributed by atoms with Gasteiger partial charge >= 0.3 is 11.9 Å². The van der Waals surface area contributed by atoms with Crippen molar-refractivity contribution in [2.45, 2.75) is 12.3 Å². The van der Waals surface area contributed by atoms with E-state index in [1.165, 1.54) is 19.2 Å². The number of aromatic hydroxyl groups is 1. The summed E-state index contributed by atoms with van der Waals surface area (Å²) in [6.07, 6.45) is 0.570. The summed E-state index contributed by atoms with van der Waals surface area (Å²) in [4.78, 5) is 22.1. The van der Waals surface area contributed by atoms with Crippen LogP contribution in [0.3, 0.4) is 0 Å². The summed E-state index contributed by atoms with van der Waals surface area (Å²) in [5.74, 6) is -2.07. The monoisotopic (exact) mass is 236 g/mol. The van der Waals surface area contributed by atoms with Gasteiger partial charge in [-0.25, -0.2) is 4.79 Å². The van der Waals surface area contributed by atoms with E-state index in [4.69, 9.17) is 5.11 Å². The van der Waals surface area contributed by atoms with E-state index in [-0.39, 0.29) is 23.1 Å². The van der Waals surface area contributed by atoms with Gasteiger partial charge in [-0.05, 0) is 30.0 Å². The molecule has 0 heterocycles. The van der Waals surface area contributed by atoms with Gasteiger partial charge in [-0.1, -0.05) is 6.07 Å². The highest BCUT2D eigenvalue weighted by molar-refractivity contribution is 5.92. The second kappa shape index (κ2) is 4.08. The highest BCUT2D eigenvalue weighted by Gasteiger charge is 2.44. The summed E-state index contributed by atoms with van der Waals surface area (Å²) >= 11 is 0. The van der Waals surface area contributed by atoms with Crippen LogP contribution in [0, 0.1) is 5.92 Å². The number of methoxy groups -OCH3 is 1. The maximum Gasteiger partial charge on any atom is 0.341 e. The van der Waals surface area contributed by atoms with Crippen LogP contribution in [0.25, 0.3) is 0 Å². The fourth-order valence-corrected chi connectivity index (χ4v) is 1.89. The highest BCUT2D eigenvalue weighted by atomic mass is 16.5. The molecular formula is C12H12O5. The van der Waals surface area contributed by atoms with E-state index in [1.807, 2.05) is 0 Å². The maximum absolute atomic E-state index is 11.3. The lowest BCUT2D eigenvalue weighted by atomic mass is 10.0. The first-order chi connectivity index (χ1) is 8.04. The van der Waals surface area contributed by atoms with Crippen LogP contribution >= 0.6 is 0 Å². The van der Waals surface area contributed by atoms with Gasteiger partial charge in [-0.15, -0.1) is 0 Å². The highest BCUT2D eigenvalue weighted by Crippen LogP contribution is 2.48. The van der Waals surface area contributed by atoms with Gasteiger partial charge in [-0.3, -0.25) is 4.79 Å². The second-order valence-electron chi connectivity index (χ2n) is 4.06. The van der Waals surface area contributed by atoms with Crippen molar-refractivity contribution in [3.05, 3.63) is 29.3 Å². The lowest BCUT2D eigenvalue weighted by Crippen LogP contribution is -2.03. The molecule has 0 spiro atoms. The Morgan fingerprint density at radius 3 is 2.65 bits per heavy atom. The first-order valence-corrected chi connectivity index (χ1v) is 5.18. The average Bonchev–Trinajstić information content (AvgIpc) is 3.09. The predicted molar refractivity (Wildman–Crippen MR) is 57.9 cm³/mol. The Morgan fingerprint density at radius 2 is 2.12 bits per heavy atom. The van der Waals surface area contributed by atoms with Crippen molar-refractivity contribution in [2.24, 2.45) is 5.92 Å². The average molecular weight is 236 g/mol. The number of phenolic OH excluding ortho intramolecular Hbond substituents is 1. The molecule has 0 unspecified atom stereocenters. The van der Waals surface area contributed by atoms with Crippen molar-refractivity contribution in [2.75, 3.05) is 7.11 Å². The number of phenols is 1. The summed E-state index contributed by atoms with van der Waals surface area (Å²) in [5.41, 5.74) is 0.816. The molecule has 0 radical (unpaired) electrons. The van der Waals surface area contributed by atoms with Crippen molar-refractivity contribution in [3.8, 4) is 5.75 Å². The first-order valence-electron chi connectivity index (χ1n) is 5.18. The topological polar surface area (TPSA) is 83.8 Å². The normalized spacial score (nSPS) is 21.9. The third kappa shape index (κ3) is 2.08. The first kappa shape index (κ1) is 11.4. The van der Waals surface area contributed by atoms with E-state index in [9.17, 15) is 14.7 Å². The molecule has 90 valence electrons. The summed E-state index contributed by atoms with van der Waals surface area (Å²) < 4.78 is 4.53. The number of rotatable bonds is 3. The second-order valence-corrected chi connectivity index (χ2v) is 4.06. The molecule has 1 aliphatic carbocycles. The van der Waals surface area contributed by atoms with Gasteiger partial charge in [0.05, 0.1) is 13.0 Å². The Hall–Kier alpha value is -2.04. The summed E-state index contributed by atoms with van der Waals surface area (Å²) in [6, 6.07) is 4.52. The van der Waals surface area contributed by atoms with E-state index in [1.54, 1.807) is 6.07 Å². The number of esters is 1. The molecule has 1 fully saturated rings. The number of aliphatic carboxylic acids is 1. The molecule has 1 aliphatic rings. The van der Waals surface area contributed by atoms with E-state index in [2.05, 4.69) is 4.74 Å². The van der Waals surface area contributed by atoms with Gasteiger partial charge in [0, 0.05) is 0 Å². The number of benzene rings is 1. The lowest BCUT2D eigenvalue weighted by Gasteiger charge is -2.05. The van der Waals surface area contributed by atoms with Gasteiger partial charge in [-0.2, -0.15) is 0 Å². The number of hydrogen-bond acceptors (Lipinski definition) is 4. The van der Waals surface area contributed by atoms with Gasteiger partial charge in [0.15, 0.2) is 0 Å². The zero-order valence-corrected chi connectivity index (χ0v) is 9.21. The number of hydrogen-bond donors (Lipinski definition) is 2. The van der Waals surface area contributed by atoms with Crippen LogP contribution in [0.4, 0.5) is 0 Å². The number of ether oxygens (including phenoxy) is 1. The van der Waals surface area contributed by atoms with Crippen LogP contribution in [-0.4, -0.2) is 29.3 Å². The Morgan fingerprint density at radius 1 is 1.41 bits per heavy atom. The van der Waals surface area contributed by atoms with E-state index in [0.717, 1.165) is 5.56 Å². The molecule has 2 atom stereocenters. The third-order valence-electron chi connectivity index (χ3n) is 2.96. The molecule has 1 saturated carbocycles. The molecule has 0 saturated heterocycles. The fourth-order valence-electron chi connectivity index (χ4n) is 1.89. The predicted octanol–water partition coefficient (Wildman–Crippen LogP) is 1.37. The summed E-state index contributed by atoms with van der Waals surface area (Å²) in [5, 5.41) is 18.3. The Bertz CT molecular complexity index is 480. The van der Waals surface area contributed by atoms with Crippen molar-refractivity contribution in [1.82, 2.24) is 0 Å². The van der Waals surface area contributed by atoms with Crippen molar-refractivity contribution in [1.29, 1.82) is 0 Å². The van der Waals surface area contributed by atoms with E-state index < -0.39 is 11.9 Å². The van der Waals surface area contributed by atoms with E-state index >= 15 is 0 Å². The van der Waals surface area contributed by atoms with Gasteiger partial charge in [0.2, 0.25) is 0 Å². The molecular weight excluding hydrogens is 224 g/mol. The van der Waals surface area contributed by atoms with Crippen molar-refractivity contribution >= 4 is 11.9 Å². The van der Waals surface area contributed by atoms with Crippen LogP contribution in [0.15, 0.2) is 18.2 Å². The van der Waals surface area contributed by atoms with Crippen LogP contribution in [0.5, 0.6) is 5.75 Å². The molecule has 5 heteroatoms. The molecule has 0 bridgehead atoms. The Balaban J connectivity index is 2.27.